The number of hydrogen-bond donors (Lipinski definition) is 4. The quantitative estimate of drug-likeness (QED) is 0.348. The molecular formula is C13H33N3O3Si. The van der Waals surface area contributed by atoms with Crippen LogP contribution in [0.25, 0.3) is 0 Å². The summed E-state index contributed by atoms with van der Waals surface area (Å²) < 4.78 is 6.12. The predicted molar refractivity (Wildman–Crippen MR) is 84.6 cm³/mol. The van der Waals surface area contributed by atoms with E-state index in [0.717, 1.165) is 12.6 Å². The minimum atomic E-state index is -2.24. The first-order valence-corrected chi connectivity index (χ1v) is 9.68. The Morgan fingerprint density at radius 2 is 1.75 bits per heavy atom. The molecule has 0 aromatic heterocycles. The summed E-state index contributed by atoms with van der Waals surface area (Å²) in [5, 5.41) is 17.9. The van der Waals surface area contributed by atoms with Crippen LogP contribution in [0.4, 0.5) is 0 Å². The van der Waals surface area contributed by atoms with Gasteiger partial charge < -0.3 is 31.0 Å². The molecule has 0 aliphatic carbocycles. The van der Waals surface area contributed by atoms with Crippen molar-refractivity contribution in [1.82, 2.24) is 4.90 Å². The number of hydrogen-bond acceptors (Lipinski definition) is 6. The van der Waals surface area contributed by atoms with Gasteiger partial charge in [0.15, 0.2) is 0 Å². The zero-order chi connectivity index (χ0) is 16.2. The van der Waals surface area contributed by atoms with E-state index in [1.165, 1.54) is 0 Å². The van der Waals surface area contributed by atoms with Gasteiger partial charge in [0, 0.05) is 11.7 Å². The van der Waals surface area contributed by atoms with Crippen LogP contribution >= 0.6 is 0 Å². The number of likely N-dealkylation sites (N-methyl/N-ethyl adjacent to an activating group) is 1. The van der Waals surface area contributed by atoms with Crippen molar-refractivity contribution in [2.45, 2.75) is 57.3 Å². The van der Waals surface area contributed by atoms with E-state index in [-0.39, 0.29) is 6.61 Å². The van der Waals surface area contributed by atoms with Crippen LogP contribution in [0.3, 0.4) is 0 Å². The largest absolute Gasteiger partial charge is 0.398 e. The molecule has 0 bridgehead atoms. The van der Waals surface area contributed by atoms with Crippen LogP contribution in [0, 0.1) is 0 Å². The van der Waals surface area contributed by atoms with E-state index in [1.807, 2.05) is 39.6 Å². The molecule has 0 heterocycles. The van der Waals surface area contributed by atoms with Gasteiger partial charge >= 0.3 is 0 Å². The van der Waals surface area contributed by atoms with Crippen molar-refractivity contribution in [2.75, 3.05) is 26.7 Å². The molecule has 0 aliphatic heterocycles. The number of nitrogens with two attached hydrogens (primary N) is 2. The third-order valence-corrected chi connectivity index (χ3v) is 8.44. The van der Waals surface area contributed by atoms with Gasteiger partial charge in [0.1, 0.15) is 0 Å². The van der Waals surface area contributed by atoms with Crippen molar-refractivity contribution >= 4 is 8.32 Å². The van der Waals surface area contributed by atoms with Gasteiger partial charge in [-0.3, -0.25) is 0 Å². The maximum absolute atomic E-state index is 9.45. The molecule has 6 N–H and O–H groups in total. The molecule has 0 saturated carbocycles. The van der Waals surface area contributed by atoms with Crippen LogP contribution in [-0.2, 0) is 4.43 Å². The van der Waals surface area contributed by atoms with Crippen LogP contribution in [0.2, 0.25) is 12.6 Å². The molecule has 0 aromatic rings. The van der Waals surface area contributed by atoms with E-state index in [2.05, 4.69) is 6.55 Å². The smallest absolute Gasteiger partial charge is 0.212 e. The van der Waals surface area contributed by atoms with Crippen LogP contribution < -0.4 is 11.5 Å². The van der Waals surface area contributed by atoms with Crippen LogP contribution in [0.5, 0.6) is 0 Å². The Balaban J connectivity index is 4.69. The molecule has 0 rings (SSSR count). The van der Waals surface area contributed by atoms with Crippen LogP contribution in [0.15, 0.2) is 0 Å². The van der Waals surface area contributed by atoms with Crippen molar-refractivity contribution in [2.24, 2.45) is 11.5 Å². The normalized spacial score (nSPS) is 18.1. The summed E-state index contributed by atoms with van der Waals surface area (Å²) in [7, 11) is -0.336. The number of nitrogens with zero attached hydrogens (tertiary/aromatic N) is 1. The second kappa shape index (κ2) is 7.30. The zero-order valence-electron chi connectivity index (χ0n) is 13.8. The summed E-state index contributed by atoms with van der Waals surface area (Å²) in [6.45, 7) is 10.7. The maximum atomic E-state index is 9.45. The molecule has 20 heavy (non-hydrogen) atoms. The molecular weight excluding hydrogens is 274 g/mol. The second-order valence-corrected chi connectivity index (χ2v) is 11.5. The number of aliphatic hydroxyl groups is 2. The molecule has 0 spiro atoms. The van der Waals surface area contributed by atoms with E-state index in [9.17, 15) is 5.11 Å². The van der Waals surface area contributed by atoms with E-state index in [1.54, 1.807) is 0 Å². The fourth-order valence-corrected chi connectivity index (χ4v) is 4.98. The van der Waals surface area contributed by atoms with E-state index < -0.39 is 25.3 Å². The second-order valence-electron chi connectivity index (χ2n) is 7.01. The third-order valence-electron chi connectivity index (χ3n) is 3.56. The highest BCUT2D eigenvalue weighted by atomic mass is 28.4. The van der Waals surface area contributed by atoms with Gasteiger partial charge in [-0.15, -0.1) is 0 Å². The standard InChI is InChI=1S/C13H33N3O3Si/c1-12(2,14)19-20(6,13(3,4)15)8-7-16(5)9-11(18)10-17/h11,17-18H,7-10,14-15H2,1-6H3. The van der Waals surface area contributed by atoms with Gasteiger partial charge in [-0.25, -0.2) is 0 Å². The zero-order valence-corrected chi connectivity index (χ0v) is 14.8. The monoisotopic (exact) mass is 307 g/mol. The highest BCUT2D eigenvalue weighted by Gasteiger charge is 2.45. The van der Waals surface area contributed by atoms with Gasteiger partial charge in [-0.1, -0.05) is 0 Å². The predicted octanol–water partition coefficient (Wildman–Crippen LogP) is -0.165. The molecule has 2 unspecified atom stereocenters. The Labute approximate surface area is 124 Å². The van der Waals surface area contributed by atoms with Crippen LogP contribution in [-0.4, -0.2) is 67.2 Å². The molecule has 0 aromatic carbocycles. The molecule has 0 fully saturated rings. The molecule has 0 amide bonds. The lowest BCUT2D eigenvalue weighted by Gasteiger charge is -2.44. The summed E-state index contributed by atoms with van der Waals surface area (Å²) in [4.78, 5) is 1.98. The van der Waals surface area contributed by atoms with Gasteiger partial charge in [-0.05, 0) is 53.9 Å². The summed E-state index contributed by atoms with van der Waals surface area (Å²) in [5.74, 6) is 0. The topological polar surface area (TPSA) is 105 Å². The Hall–Kier alpha value is -0.0231. The fraction of sp³-hybridized carbons (Fsp3) is 1.00. The number of rotatable bonds is 9. The molecule has 7 heteroatoms. The average Bonchev–Trinajstić information content (AvgIpc) is 2.22. The highest BCUT2D eigenvalue weighted by Crippen LogP contribution is 2.27. The summed E-state index contributed by atoms with van der Waals surface area (Å²) >= 11 is 0. The fourth-order valence-electron chi connectivity index (χ4n) is 2.00. The first-order valence-electron chi connectivity index (χ1n) is 7.06. The molecule has 6 nitrogen and oxygen atoms in total. The van der Waals surface area contributed by atoms with Crippen molar-refractivity contribution < 1.29 is 14.6 Å². The molecule has 122 valence electrons. The van der Waals surface area contributed by atoms with Crippen molar-refractivity contribution in [3.8, 4) is 0 Å². The first kappa shape index (κ1) is 20.0. The van der Waals surface area contributed by atoms with Gasteiger partial charge in [-0.2, -0.15) is 0 Å². The highest BCUT2D eigenvalue weighted by molar-refractivity contribution is 6.75. The molecule has 2 atom stereocenters. The first-order chi connectivity index (χ1) is 8.81. The van der Waals surface area contributed by atoms with Gasteiger partial charge in [0.2, 0.25) is 8.32 Å². The summed E-state index contributed by atoms with van der Waals surface area (Å²) in [6, 6.07) is 0.811. The van der Waals surface area contributed by atoms with E-state index >= 15 is 0 Å². The third kappa shape index (κ3) is 7.12. The summed E-state index contributed by atoms with van der Waals surface area (Å²) in [5.41, 5.74) is 11.6. The van der Waals surface area contributed by atoms with Crippen LogP contribution in [0.1, 0.15) is 27.7 Å². The Kier molecular flexibility index (Phi) is 7.30. The van der Waals surface area contributed by atoms with E-state index in [4.69, 9.17) is 21.0 Å². The summed E-state index contributed by atoms with van der Waals surface area (Å²) in [6.07, 6.45) is -0.717. The Morgan fingerprint density at radius 3 is 2.10 bits per heavy atom. The Morgan fingerprint density at radius 1 is 1.25 bits per heavy atom. The van der Waals surface area contributed by atoms with Crippen molar-refractivity contribution in [3.05, 3.63) is 0 Å². The lowest BCUT2D eigenvalue weighted by molar-refractivity contribution is 0.0658. The molecule has 0 radical (unpaired) electrons. The number of aliphatic hydroxyl groups excluding tert-OH is 2. The van der Waals surface area contributed by atoms with Gasteiger partial charge in [0.25, 0.3) is 0 Å². The van der Waals surface area contributed by atoms with Gasteiger partial charge in [0.05, 0.1) is 18.4 Å². The average molecular weight is 308 g/mol. The lowest BCUT2D eigenvalue weighted by Crippen LogP contribution is -2.65. The van der Waals surface area contributed by atoms with E-state index in [0.29, 0.717) is 6.54 Å². The molecule has 0 aliphatic rings. The minimum absolute atomic E-state index is 0.228. The minimum Gasteiger partial charge on any atom is -0.398 e. The lowest BCUT2D eigenvalue weighted by atomic mass is 10.3. The SMILES string of the molecule is CN(CC[Si](C)(OC(C)(C)N)C(C)(C)N)CC(O)CO. The Bertz CT molecular complexity index is 292. The maximum Gasteiger partial charge on any atom is 0.212 e. The van der Waals surface area contributed by atoms with Crippen molar-refractivity contribution in [3.63, 3.8) is 0 Å². The van der Waals surface area contributed by atoms with Crippen molar-refractivity contribution in [1.29, 1.82) is 0 Å². The molecule has 0 saturated heterocycles.